The van der Waals surface area contributed by atoms with Crippen molar-refractivity contribution in [3.05, 3.63) is 11.3 Å². The molecule has 0 bridgehead atoms. The maximum absolute atomic E-state index is 11.6. The Balaban J connectivity index is 5.10. The van der Waals surface area contributed by atoms with Crippen molar-refractivity contribution in [1.82, 2.24) is 5.32 Å². The molecule has 0 spiro atoms. The van der Waals surface area contributed by atoms with Gasteiger partial charge in [-0.05, 0) is 20.1 Å². The second kappa shape index (κ2) is 6.32. The Morgan fingerprint density at radius 1 is 1.19 bits per heavy atom. The number of ketones is 2. The molecule has 1 unspecified atom stereocenters. The molecule has 0 saturated heterocycles. The zero-order valence-corrected chi connectivity index (χ0v) is 10.5. The summed E-state index contributed by atoms with van der Waals surface area (Å²) in [6.07, 6.45) is 1.78. The van der Waals surface area contributed by atoms with Crippen LogP contribution in [-0.2, 0) is 14.4 Å². The Hall–Kier alpha value is -1.30. The number of amides is 1. The van der Waals surface area contributed by atoms with Gasteiger partial charge in [0, 0.05) is 6.92 Å². The molecule has 0 aromatic carbocycles. The molecule has 0 aromatic heterocycles. The van der Waals surface area contributed by atoms with Crippen molar-refractivity contribution in [2.75, 3.05) is 6.26 Å². The van der Waals surface area contributed by atoms with Crippen molar-refractivity contribution in [2.24, 2.45) is 0 Å². The molecule has 0 saturated carbocycles. The highest BCUT2D eigenvalue weighted by Gasteiger charge is 2.23. The fourth-order valence-corrected chi connectivity index (χ4v) is 1.15. The van der Waals surface area contributed by atoms with Crippen molar-refractivity contribution in [2.45, 2.75) is 26.1 Å². The van der Waals surface area contributed by atoms with Crippen LogP contribution in [0.2, 0.25) is 0 Å². The number of aliphatic hydroxyl groups excluding tert-OH is 1. The summed E-state index contributed by atoms with van der Waals surface area (Å²) in [7, 11) is 0. The second-order valence-corrected chi connectivity index (χ2v) is 4.37. The summed E-state index contributed by atoms with van der Waals surface area (Å²) in [6, 6.07) is 0. The summed E-state index contributed by atoms with van der Waals surface area (Å²) >= 11 is 1.37. The normalized spacial score (nSPS) is 13.8. The quantitative estimate of drug-likeness (QED) is 0.246. The zero-order chi connectivity index (χ0) is 12.9. The van der Waals surface area contributed by atoms with E-state index in [4.69, 9.17) is 0 Å². The molecule has 0 aliphatic rings. The highest BCUT2D eigenvalue weighted by atomic mass is 32.2. The zero-order valence-electron chi connectivity index (χ0n) is 9.66. The number of allylic oxidation sites excluding steroid dienone is 1. The van der Waals surface area contributed by atoms with Crippen LogP contribution in [0.4, 0.5) is 0 Å². The molecule has 1 amide bonds. The first-order valence-electron chi connectivity index (χ1n) is 4.60. The Bertz CT molecular complexity index is 349. The van der Waals surface area contributed by atoms with Gasteiger partial charge in [0.25, 0.3) is 5.91 Å². The van der Waals surface area contributed by atoms with E-state index in [2.05, 4.69) is 5.32 Å². The van der Waals surface area contributed by atoms with Gasteiger partial charge in [-0.3, -0.25) is 14.4 Å². The lowest BCUT2D eigenvalue weighted by atomic mass is 10.1. The largest absolute Gasteiger partial charge is 0.504 e. The summed E-state index contributed by atoms with van der Waals surface area (Å²) in [6.45, 7) is 3.94. The molecule has 0 aliphatic carbocycles. The number of Topliss-reactive ketones (excluding diaryl/α,β-unsaturated/α-hetero) is 2. The fraction of sp³-hybridized carbons (Fsp3) is 0.500. The van der Waals surface area contributed by atoms with E-state index in [0.717, 1.165) is 13.8 Å². The maximum atomic E-state index is 11.6. The summed E-state index contributed by atoms with van der Waals surface area (Å²) in [5, 5.41) is 11.6. The Kier molecular flexibility index (Phi) is 5.81. The monoisotopic (exact) mass is 245 g/mol. The Labute approximate surface area is 98.3 Å². The molecule has 0 heterocycles. The lowest BCUT2D eigenvalue weighted by Crippen LogP contribution is -2.34. The molecule has 1 atom stereocenters. The number of carbonyl (C=O) groups is 3. The van der Waals surface area contributed by atoms with Crippen LogP contribution < -0.4 is 5.32 Å². The molecule has 2 N–H and O–H groups in total. The molecular weight excluding hydrogens is 230 g/mol. The number of rotatable bonds is 5. The van der Waals surface area contributed by atoms with Crippen molar-refractivity contribution in [1.29, 1.82) is 0 Å². The van der Waals surface area contributed by atoms with Gasteiger partial charge in [-0.2, -0.15) is 0 Å². The SMILES string of the molecule is CSC(C)NC(=O)C(C(C)=O)=C(O)C(C)=O. The van der Waals surface area contributed by atoms with Gasteiger partial charge >= 0.3 is 0 Å². The number of aliphatic hydroxyl groups is 1. The van der Waals surface area contributed by atoms with Gasteiger partial charge in [0.1, 0.15) is 5.57 Å². The van der Waals surface area contributed by atoms with Gasteiger partial charge in [0.05, 0.1) is 5.37 Å². The van der Waals surface area contributed by atoms with Gasteiger partial charge in [-0.15, -0.1) is 11.8 Å². The molecular formula is C10H15NO4S. The van der Waals surface area contributed by atoms with Gasteiger partial charge < -0.3 is 10.4 Å². The van der Waals surface area contributed by atoms with Crippen LogP contribution in [0.15, 0.2) is 11.3 Å². The number of hydrogen-bond acceptors (Lipinski definition) is 5. The minimum absolute atomic E-state index is 0.207. The van der Waals surface area contributed by atoms with E-state index >= 15 is 0 Å². The first kappa shape index (κ1) is 14.7. The first-order valence-corrected chi connectivity index (χ1v) is 5.88. The summed E-state index contributed by atoms with van der Waals surface area (Å²) in [5.74, 6) is -2.88. The first-order chi connectivity index (χ1) is 7.31. The average Bonchev–Trinajstić information content (AvgIpc) is 2.16. The third kappa shape index (κ3) is 4.06. The number of nitrogens with one attached hydrogen (secondary N) is 1. The molecule has 16 heavy (non-hydrogen) atoms. The lowest BCUT2D eigenvalue weighted by Gasteiger charge is -2.12. The van der Waals surface area contributed by atoms with Crippen LogP contribution >= 0.6 is 11.8 Å². The lowest BCUT2D eigenvalue weighted by molar-refractivity contribution is -0.124. The predicted octanol–water partition coefficient (Wildman–Crippen LogP) is 0.802. The highest BCUT2D eigenvalue weighted by Crippen LogP contribution is 2.08. The topological polar surface area (TPSA) is 83.5 Å². The van der Waals surface area contributed by atoms with E-state index in [-0.39, 0.29) is 5.37 Å². The molecule has 0 aromatic rings. The van der Waals surface area contributed by atoms with Gasteiger partial charge in [-0.1, -0.05) is 0 Å². The van der Waals surface area contributed by atoms with Crippen molar-refractivity contribution in [3.63, 3.8) is 0 Å². The fourth-order valence-electron chi connectivity index (χ4n) is 0.926. The standard InChI is InChI=1S/C10H15NO4S/c1-5(12)8(9(14)6(2)13)10(15)11-7(3)16-4/h7,14H,1-4H3,(H,11,15). The average molecular weight is 245 g/mol. The van der Waals surface area contributed by atoms with Crippen LogP contribution in [-0.4, -0.2) is 34.2 Å². The minimum Gasteiger partial charge on any atom is -0.504 e. The molecule has 0 rings (SSSR count). The smallest absolute Gasteiger partial charge is 0.259 e. The summed E-state index contributed by atoms with van der Waals surface area (Å²) < 4.78 is 0. The maximum Gasteiger partial charge on any atom is 0.259 e. The number of hydrogen-bond donors (Lipinski definition) is 2. The minimum atomic E-state index is -0.793. The molecule has 0 radical (unpaired) electrons. The third-order valence-corrected chi connectivity index (χ3v) is 2.66. The van der Waals surface area contributed by atoms with E-state index in [0.29, 0.717) is 0 Å². The van der Waals surface area contributed by atoms with Crippen molar-refractivity contribution < 1.29 is 19.5 Å². The van der Waals surface area contributed by atoms with E-state index < -0.39 is 28.8 Å². The van der Waals surface area contributed by atoms with Gasteiger partial charge in [0.2, 0.25) is 0 Å². The van der Waals surface area contributed by atoms with Crippen molar-refractivity contribution >= 4 is 29.2 Å². The van der Waals surface area contributed by atoms with E-state index in [1.165, 1.54) is 11.8 Å². The van der Waals surface area contributed by atoms with Crippen LogP contribution in [0.25, 0.3) is 0 Å². The second-order valence-electron chi connectivity index (χ2n) is 3.19. The van der Waals surface area contributed by atoms with Crippen LogP contribution in [0.1, 0.15) is 20.8 Å². The third-order valence-electron chi connectivity index (χ3n) is 1.84. The Morgan fingerprint density at radius 2 is 1.69 bits per heavy atom. The van der Waals surface area contributed by atoms with Gasteiger partial charge in [-0.25, -0.2) is 0 Å². The van der Waals surface area contributed by atoms with Gasteiger partial charge in [0.15, 0.2) is 17.3 Å². The Morgan fingerprint density at radius 3 is 2.00 bits per heavy atom. The van der Waals surface area contributed by atoms with E-state index in [1.54, 1.807) is 13.2 Å². The predicted molar refractivity (Wildman–Crippen MR) is 62.1 cm³/mol. The van der Waals surface area contributed by atoms with Crippen LogP contribution in [0.5, 0.6) is 0 Å². The molecule has 6 heteroatoms. The molecule has 90 valence electrons. The van der Waals surface area contributed by atoms with E-state index in [9.17, 15) is 19.5 Å². The molecule has 0 aliphatic heterocycles. The van der Waals surface area contributed by atoms with Crippen molar-refractivity contribution in [3.8, 4) is 0 Å². The van der Waals surface area contributed by atoms with E-state index in [1.807, 2.05) is 0 Å². The van der Waals surface area contributed by atoms with Crippen LogP contribution in [0.3, 0.4) is 0 Å². The summed E-state index contributed by atoms with van der Waals surface area (Å²) in [4.78, 5) is 33.7. The summed E-state index contributed by atoms with van der Waals surface area (Å²) in [5.41, 5.74) is -0.492. The number of carbonyl (C=O) groups excluding carboxylic acids is 3. The molecule has 5 nitrogen and oxygen atoms in total. The highest BCUT2D eigenvalue weighted by molar-refractivity contribution is 7.99. The number of thioether (sulfide) groups is 1. The molecule has 0 fully saturated rings. The van der Waals surface area contributed by atoms with Crippen LogP contribution in [0, 0.1) is 0 Å².